The number of benzene rings is 2. The Morgan fingerprint density at radius 1 is 1.03 bits per heavy atom. The number of aliphatic hydroxyl groups excluding tert-OH is 3. The number of aromatic hydroxyl groups is 2. The Balaban J connectivity index is 1.76. The van der Waals surface area contributed by atoms with Crippen LogP contribution in [0.15, 0.2) is 51.7 Å². The molecule has 1 aliphatic heterocycles. The van der Waals surface area contributed by atoms with Crippen LogP contribution in [0.4, 0.5) is 0 Å². The van der Waals surface area contributed by atoms with Crippen molar-refractivity contribution >= 4 is 11.0 Å². The van der Waals surface area contributed by atoms with Gasteiger partial charge in [0.15, 0.2) is 16.9 Å². The highest BCUT2D eigenvalue weighted by Gasteiger charge is 2.46. The van der Waals surface area contributed by atoms with Crippen molar-refractivity contribution in [3.05, 3.63) is 52.7 Å². The Labute approximate surface area is 170 Å². The van der Waals surface area contributed by atoms with Gasteiger partial charge in [-0.15, -0.1) is 0 Å². The lowest BCUT2D eigenvalue weighted by Crippen LogP contribution is -2.38. The Morgan fingerprint density at radius 3 is 2.37 bits per heavy atom. The second-order valence-electron chi connectivity index (χ2n) is 7.09. The average Bonchev–Trinajstić information content (AvgIpc) is 3.00. The molecule has 1 aromatic heterocycles. The zero-order chi connectivity index (χ0) is 21.6. The van der Waals surface area contributed by atoms with Crippen molar-refractivity contribution in [2.45, 2.75) is 37.6 Å². The van der Waals surface area contributed by atoms with Crippen LogP contribution in [0.5, 0.6) is 17.2 Å². The van der Waals surface area contributed by atoms with E-state index >= 15 is 0 Å². The number of ether oxygens (including phenoxy) is 2. The van der Waals surface area contributed by atoms with Gasteiger partial charge in [0.1, 0.15) is 35.0 Å². The molecule has 30 heavy (non-hydrogen) atoms. The van der Waals surface area contributed by atoms with Crippen LogP contribution in [0.2, 0.25) is 0 Å². The summed E-state index contributed by atoms with van der Waals surface area (Å²) in [5, 5.41) is 50.1. The molecule has 3 aromatic rings. The standard InChI is InChI=1S/C21H20O9/c1-9(22)20-18(26)19(27)21(30-20)29-14-8-13-15(17(25)16(14)24)11(23)7-12(28-13)10-5-3-2-4-6-10/h2-9,18-22,24-27H,1H3/t9-,18-,19+,20-,21-/m0/s1. The van der Waals surface area contributed by atoms with Crippen molar-refractivity contribution < 1.29 is 39.4 Å². The quantitative estimate of drug-likeness (QED) is 0.394. The summed E-state index contributed by atoms with van der Waals surface area (Å²) in [6.07, 6.45) is -6.58. The van der Waals surface area contributed by atoms with E-state index in [0.717, 1.165) is 0 Å². The van der Waals surface area contributed by atoms with Gasteiger partial charge in [-0.25, -0.2) is 0 Å². The van der Waals surface area contributed by atoms with Gasteiger partial charge < -0.3 is 39.4 Å². The van der Waals surface area contributed by atoms with Gasteiger partial charge in [-0.05, 0) is 6.92 Å². The van der Waals surface area contributed by atoms with Crippen LogP contribution in [0.25, 0.3) is 22.3 Å². The summed E-state index contributed by atoms with van der Waals surface area (Å²) < 4.78 is 16.5. The fraction of sp³-hybridized carbons (Fsp3) is 0.286. The highest BCUT2D eigenvalue weighted by atomic mass is 16.7. The van der Waals surface area contributed by atoms with Crippen molar-refractivity contribution in [2.24, 2.45) is 0 Å². The molecule has 5 atom stereocenters. The number of phenols is 2. The number of aliphatic hydroxyl groups is 3. The number of hydrogen-bond acceptors (Lipinski definition) is 9. The summed E-state index contributed by atoms with van der Waals surface area (Å²) in [7, 11) is 0. The molecule has 0 spiro atoms. The van der Waals surface area contributed by atoms with E-state index in [0.29, 0.717) is 5.56 Å². The predicted molar refractivity (Wildman–Crippen MR) is 104 cm³/mol. The average molecular weight is 416 g/mol. The van der Waals surface area contributed by atoms with Gasteiger partial charge in [0.25, 0.3) is 0 Å². The van der Waals surface area contributed by atoms with Crippen molar-refractivity contribution in [2.75, 3.05) is 0 Å². The highest BCUT2D eigenvalue weighted by Crippen LogP contribution is 2.42. The maximum atomic E-state index is 12.5. The van der Waals surface area contributed by atoms with Crippen LogP contribution >= 0.6 is 0 Å². The Morgan fingerprint density at radius 2 is 1.73 bits per heavy atom. The van der Waals surface area contributed by atoms with Crippen LogP contribution in [0.1, 0.15) is 6.92 Å². The van der Waals surface area contributed by atoms with Gasteiger partial charge >= 0.3 is 0 Å². The molecule has 0 amide bonds. The summed E-state index contributed by atoms with van der Waals surface area (Å²) in [6.45, 7) is 1.38. The third-order valence-corrected chi connectivity index (χ3v) is 4.97. The molecular weight excluding hydrogens is 396 g/mol. The Kier molecular flexibility index (Phi) is 5.12. The van der Waals surface area contributed by atoms with E-state index in [-0.39, 0.29) is 22.5 Å². The topological polar surface area (TPSA) is 150 Å². The maximum Gasteiger partial charge on any atom is 0.229 e. The van der Waals surface area contributed by atoms with Crippen molar-refractivity contribution in [3.8, 4) is 28.6 Å². The SMILES string of the molecule is C[C@H](O)[C@@H]1O[C@H](Oc2cc3oc(-c4ccccc4)cc(=O)c3c(O)c2O)[C@H](O)[C@@H]1O. The van der Waals surface area contributed by atoms with Crippen LogP contribution in [0.3, 0.4) is 0 Å². The van der Waals surface area contributed by atoms with E-state index in [2.05, 4.69) is 0 Å². The minimum atomic E-state index is -1.52. The summed E-state index contributed by atoms with van der Waals surface area (Å²) in [6, 6.07) is 11.2. The van der Waals surface area contributed by atoms with Crippen molar-refractivity contribution in [1.82, 2.24) is 0 Å². The summed E-state index contributed by atoms with van der Waals surface area (Å²) >= 11 is 0. The molecule has 1 saturated heterocycles. The van der Waals surface area contributed by atoms with E-state index in [1.165, 1.54) is 19.1 Å². The minimum absolute atomic E-state index is 0.0632. The smallest absolute Gasteiger partial charge is 0.229 e. The normalized spacial score (nSPS) is 24.8. The van der Waals surface area contributed by atoms with E-state index in [1.807, 2.05) is 0 Å². The third-order valence-electron chi connectivity index (χ3n) is 4.97. The summed E-state index contributed by atoms with van der Waals surface area (Å²) in [4.78, 5) is 12.5. The largest absolute Gasteiger partial charge is 0.504 e. The van der Waals surface area contributed by atoms with Gasteiger partial charge in [-0.1, -0.05) is 30.3 Å². The molecule has 9 nitrogen and oxygen atoms in total. The van der Waals surface area contributed by atoms with E-state index in [9.17, 15) is 30.3 Å². The second kappa shape index (κ2) is 7.62. The van der Waals surface area contributed by atoms with Gasteiger partial charge in [-0.2, -0.15) is 0 Å². The van der Waals surface area contributed by atoms with Crippen LogP contribution in [-0.2, 0) is 4.74 Å². The van der Waals surface area contributed by atoms with Crippen LogP contribution < -0.4 is 10.2 Å². The molecule has 5 N–H and O–H groups in total. The zero-order valence-electron chi connectivity index (χ0n) is 15.8. The summed E-state index contributed by atoms with van der Waals surface area (Å²) in [5.74, 6) is -1.61. The monoisotopic (exact) mass is 416 g/mol. The van der Waals surface area contributed by atoms with Gasteiger partial charge in [-0.3, -0.25) is 4.79 Å². The molecule has 4 rings (SSSR count). The molecule has 9 heteroatoms. The molecular formula is C21H20O9. The fourth-order valence-corrected chi connectivity index (χ4v) is 3.40. The predicted octanol–water partition coefficient (Wildman–Crippen LogP) is 1.08. The lowest BCUT2D eigenvalue weighted by molar-refractivity contribution is -0.129. The van der Waals surface area contributed by atoms with Gasteiger partial charge in [0.2, 0.25) is 12.0 Å². The van der Waals surface area contributed by atoms with E-state index in [1.54, 1.807) is 30.3 Å². The third kappa shape index (κ3) is 3.37. The molecule has 158 valence electrons. The lowest BCUT2D eigenvalue weighted by Gasteiger charge is -2.19. The first kappa shape index (κ1) is 20.2. The number of rotatable bonds is 4. The first-order valence-corrected chi connectivity index (χ1v) is 9.22. The molecule has 2 heterocycles. The second-order valence-corrected chi connectivity index (χ2v) is 7.09. The highest BCUT2D eigenvalue weighted by molar-refractivity contribution is 5.89. The van der Waals surface area contributed by atoms with E-state index in [4.69, 9.17) is 13.9 Å². The van der Waals surface area contributed by atoms with E-state index < -0.39 is 47.6 Å². The minimum Gasteiger partial charge on any atom is -0.504 e. The maximum absolute atomic E-state index is 12.5. The van der Waals surface area contributed by atoms with Crippen LogP contribution in [-0.4, -0.2) is 56.2 Å². The molecule has 0 bridgehead atoms. The molecule has 1 fully saturated rings. The molecule has 0 radical (unpaired) electrons. The van der Waals surface area contributed by atoms with Crippen molar-refractivity contribution in [3.63, 3.8) is 0 Å². The summed E-state index contributed by atoms with van der Waals surface area (Å²) in [5.41, 5.74) is -0.00746. The number of fused-ring (bicyclic) bond motifs is 1. The first-order valence-electron chi connectivity index (χ1n) is 9.22. The number of hydrogen-bond donors (Lipinski definition) is 5. The zero-order valence-corrected chi connectivity index (χ0v) is 15.8. The first-order chi connectivity index (χ1) is 14.3. The Bertz CT molecular complexity index is 1120. The molecule has 0 saturated carbocycles. The van der Waals surface area contributed by atoms with Gasteiger partial charge in [0, 0.05) is 17.7 Å². The van der Waals surface area contributed by atoms with Crippen molar-refractivity contribution in [1.29, 1.82) is 0 Å². The number of phenolic OH excluding ortho intramolecular Hbond substituents is 2. The Hall–Kier alpha value is -3.11. The lowest BCUT2D eigenvalue weighted by atomic mass is 10.1. The van der Waals surface area contributed by atoms with Crippen LogP contribution in [0, 0.1) is 0 Å². The fourth-order valence-electron chi connectivity index (χ4n) is 3.40. The molecule has 0 unspecified atom stereocenters. The molecule has 0 aliphatic carbocycles. The molecule has 2 aromatic carbocycles. The molecule has 1 aliphatic rings. The van der Waals surface area contributed by atoms with Gasteiger partial charge in [0.05, 0.1) is 6.10 Å².